The smallest absolute Gasteiger partial charge is 0.319 e. The summed E-state index contributed by atoms with van der Waals surface area (Å²) in [6.45, 7) is 0.300. The topological polar surface area (TPSA) is 87.7 Å². The first-order chi connectivity index (χ1) is 11.0. The molecule has 2 rings (SSSR count). The third-order valence-electron chi connectivity index (χ3n) is 3.64. The van der Waals surface area contributed by atoms with E-state index >= 15 is 0 Å². The number of hydrogen-bond acceptors (Lipinski definition) is 3. The van der Waals surface area contributed by atoms with Crippen LogP contribution in [0, 0.1) is 0 Å². The van der Waals surface area contributed by atoms with Crippen molar-refractivity contribution in [3.63, 3.8) is 0 Å². The number of nitrogens with one attached hydrogen (secondary N) is 2. The molecule has 0 radical (unpaired) electrons. The van der Waals surface area contributed by atoms with Crippen LogP contribution in [0.4, 0.5) is 10.5 Å². The van der Waals surface area contributed by atoms with Gasteiger partial charge in [0.15, 0.2) is 0 Å². The molecule has 0 saturated heterocycles. The fraction of sp³-hybridized carbons (Fsp3) is 0.500. The minimum atomic E-state index is -0.878. The fourth-order valence-corrected chi connectivity index (χ4v) is 2.70. The number of carboxylic acids is 1. The van der Waals surface area contributed by atoms with Gasteiger partial charge in [-0.25, -0.2) is 4.79 Å². The molecule has 126 valence electrons. The monoisotopic (exact) mass is 340 g/mol. The highest BCUT2D eigenvalue weighted by molar-refractivity contribution is 6.32. The van der Waals surface area contributed by atoms with Crippen molar-refractivity contribution in [1.29, 1.82) is 0 Å². The van der Waals surface area contributed by atoms with E-state index in [9.17, 15) is 9.59 Å². The number of benzene rings is 1. The number of rotatable bonds is 7. The van der Waals surface area contributed by atoms with Crippen LogP contribution in [0.15, 0.2) is 18.2 Å². The maximum atomic E-state index is 11.7. The predicted octanol–water partition coefficient (Wildman–Crippen LogP) is 3.65. The zero-order valence-corrected chi connectivity index (χ0v) is 13.6. The number of aliphatic carboxylic acids is 1. The average molecular weight is 341 g/mol. The van der Waals surface area contributed by atoms with Crippen LogP contribution in [-0.4, -0.2) is 29.8 Å². The van der Waals surface area contributed by atoms with Crippen molar-refractivity contribution in [2.45, 2.75) is 44.6 Å². The summed E-state index contributed by atoms with van der Waals surface area (Å²) in [5.74, 6) is -0.247. The lowest BCUT2D eigenvalue weighted by atomic mass is 10.2. The first-order valence-corrected chi connectivity index (χ1v) is 8.15. The molecule has 1 aromatic rings. The first-order valence-electron chi connectivity index (χ1n) is 7.77. The molecule has 0 unspecified atom stereocenters. The first kappa shape index (κ1) is 17.4. The third kappa shape index (κ3) is 5.98. The lowest BCUT2D eigenvalue weighted by Gasteiger charge is -2.15. The second kappa shape index (κ2) is 8.62. The highest BCUT2D eigenvalue weighted by Gasteiger charge is 2.17. The molecule has 0 bridgehead atoms. The molecule has 6 nitrogen and oxygen atoms in total. The van der Waals surface area contributed by atoms with Crippen LogP contribution in [-0.2, 0) is 4.79 Å². The van der Waals surface area contributed by atoms with Crippen molar-refractivity contribution >= 4 is 29.3 Å². The van der Waals surface area contributed by atoms with Crippen molar-refractivity contribution in [3.05, 3.63) is 23.2 Å². The average Bonchev–Trinajstić information content (AvgIpc) is 2.99. The van der Waals surface area contributed by atoms with Gasteiger partial charge in [-0.15, -0.1) is 0 Å². The molecule has 0 spiro atoms. The second-order valence-corrected chi connectivity index (χ2v) is 5.95. The summed E-state index contributed by atoms with van der Waals surface area (Å²) in [4.78, 5) is 22.1. The number of anilines is 1. The van der Waals surface area contributed by atoms with Gasteiger partial charge in [0.2, 0.25) is 0 Å². The van der Waals surface area contributed by atoms with Crippen LogP contribution in [0.25, 0.3) is 0 Å². The van der Waals surface area contributed by atoms with Crippen molar-refractivity contribution in [2.24, 2.45) is 0 Å². The van der Waals surface area contributed by atoms with Gasteiger partial charge in [0.25, 0.3) is 0 Å². The van der Waals surface area contributed by atoms with E-state index in [2.05, 4.69) is 10.6 Å². The summed E-state index contributed by atoms with van der Waals surface area (Å²) in [5, 5.41) is 14.2. The molecular weight excluding hydrogens is 320 g/mol. The van der Waals surface area contributed by atoms with Gasteiger partial charge in [-0.3, -0.25) is 4.79 Å². The summed E-state index contributed by atoms with van der Waals surface area (Å²) >= 11 is 6.19. The summed E-state index contributed by atoms with van der Waals surface area (Å²) in [6, 6.07) is 4.73. The number of amides is 2. The Morgan fingerprint density at radius 3 is 2.70 bits per heavy atom. The number of carbonyl (C=O) groups excluding carboxylic acids is 1. The molecule has 1 fully saturated rings. The van der Waals surface area contributed by atoms with Crippen LogP contribution in [0.5, 0.6) is 5.75 Å². The Balaban J connectivity index is 1.79. The van der Waals surface area contributed by atoms with Crippen molar-refractivity contribution in [2.75, 3.05) is 11.9 Å². The van der Waals surface area contributed by atoms with Crippen molar-refractivity contribution < 1.29 is 19.4 Å². The van der Waals surface area contributed by atoms with E-state index in [0.29, 0.717) is 29.4 Å². The van der Waals surface area contributed by atoms with Crippen LogP contribution >= 0.6 is 11.6 Å². The van der Waals surface area contributed by atoms with Gasteiger partial charge in [-0.2, -0.15) is 0 Å². The molecule has 1 aromatic carbocycles. The standard InChI is InChI=1S/C16H21ClN2O4/c17-13-10-11(19-16(22)18-9-3-6-15(20)21)7-8-14(13)23-12-4-1-2-5-12/h7-8,10,12H,1-6,9H2,(H,20,21)(H2,18,19,22). The molecule has 0 atom stereocenters. The highest BCUT2D eigenvalue weighted by Crippen LogP contribution is 2.31. The molecule has 0 aliphatic heterocycles. The molecule has 2 amide bonds. The van der Waals surface area contributed by atoms with Crippen LogP contribution < -0.4 is 15.4 Å². The molecule has 23 heavy (non-hydrogen) atoms. The largest absolute Gasteiger partial charge is 0.489 e. The SMILES string of the molecule is O=C(O)CCCNC(=O)Nc1ccc(OC2CCCC2)c(Cl)c1. The molecule has 7 heteroatoms. The maximum Gasteiger partial charge on any atom is 0.319 e. The Morgan fingerprint density at radius 1 is 1.30 bits per heavy atom. The number of carbonyl (C=O) groups is 2. The molecule has 1 aliphatic carbocycles. The van der Waals surface area contributed by atoms with Gasteiger partial charge in [0.05, 0.1) is 11.1 Å². The van der Waals surface area contributed by atoms with E-state index in [4.69, 9.17) is 21.4 Å². The van der Waals surface area contributed by atoms with Gasteiger partial charge < -0.3 is 20.5 Å². The number of carboxylic acid groups (broad SMARTS) is 1. The summed E-state index contributed by atoms with van der Waals surface area (Å²) in [7, 11) is 0. The van der Waals surface area contributed by atoms with Crippen LogP contribution in [0.3, 0.4) is 0 Å². The Bertz CT molecular complexity index is 559. The lowest BCUT2D eigenvalue weighted by molar-refractivity contribution is -0.137. The summed E-state index contributed by atoms with van der Waals surface area (Å²) in [5.41, 5.74) is 0.560. The Labute approximate surface area is 140 Å². The van der Waals surface area contributed by atoms with Gasteiger partial charge in [-0.05, 0) is 50.3 Å². The minimum Gasteiger partial charge on any atom is -0.489 e. The van der Waals surface area contributed by atoms with Crippen LogP contribution in [0.2, 0.25) is 5.02 Å². The van der Waals surface area contributed by atoms with Crippen molar-refractivity contribution in [3.8, 4) is 5.75 Å². The third-order valence-corrected chi connectivity index (χ3v) is 3.93. The maximum absolute atomic E-state index is 11.7. The predicted molar refractivity (Wildman–Crippen MR) is 88.2 cm³/mol. The number of ether oxygens (including phenoxy) is 1. The second-order valence-electron chi connectivity index (χ2n) is 5.55. The zero-order valence-electron chi connectivity index (χ0n) is 12.8. The van der Waals surface area contributed by atoms with Crippen LogP contribution in [0.1, 0.15) is 38.5 Å². The van der Waals surface area contributed by atoms with E-state index in [1.807, 2.05) is 0 Å². The van der Waals surface area contributed by atoms with E-state index in [0.717, 1.165) is 12.8 Å². The molecule has 1 aliphatic rings. The quantitative estimate of drug-likeness (QED) is 0.661. The minimum absolute atomic E-state index is 0.0271. The molecule has 3 N–H and O–H groups in total. The number of urea groups is 1. The molecule has 0 heterocycles. The highest BCUT2D eigenvalue weighted by atomic mass is 35.5. The number of hydrogen-bond donors (Lipinski definition) is 3. The summed E-state index contributed by atoms with van der Waals surface area (Å²) in [6.07, 6.45) is 5.11. The molecule has 0 aromatic heterocycles. The lowest BCUT2D eigenvalue weighted by Crippen LogP contribution is -2.29. The molecule has 1 saturated carbocycles. The van der Waals surface area contributed by atoms with Crippen molar-refractivity contribution in [1.82, 2.24) is 5.32 Å². The number of halogens is 1. The normalized spacial score (nSPS) is 14.5. The van der Waals surface area contributed by atoms with E-state index in [-0.39, 0.29) is 12.5 Å². The Kier molecular flexibility index (Phi) is 6.52. The van der Waals surface area contributed by atoms with E-state index in [1.54, 1.807) is 18.2 Å². The van der Waals surface area contributed by atoms with E-state index in [1.165, 1.54) is 12.8 Å². The fourth-order valence-electron chi connectivity index (χ4n) is 2.48. The van der Waals surface area contributed by atoms with Gasteiger partial charge in [0, 0.05) is 18.7 Å². The Morgan fingerprint density at radius 2 is 2.04 bits per heavy atom. The molecular formula is C16H21ClN2O4. The van der Waals surface area contributed by atoms with Gasteiger partial charge >= 0.3 is 12.0 Å². The zero-order chi connectivity index (χ0) is 16.7. The summed E-state index contributed by atoms with van der Waals surface area (Å²) < 4.78 is 5.85. The van der Waals surface area contributed by atoms with Gasteiger partial charge in [-0.1, -0.05) is 11.6 Å². The Hall–Kier alpha value is -1.95. The van der Waals surface area contributed by atoms with Gasteiger partial charge in [0.1, 0.15) is 5.75 Å². The van der Waals surface area contributed by atoms with E-state index < -0.39 is 12.0 Å².